The summed E-state index contributed by atoms with van der Waals surface area (Å²) in [5.74, 6) is 2.73. The molecule has 1 rings (SSSR count). The molecular weight excluding hydrogens is 220 g/mol. The Morgan fingerprint density at radius 3 is 2.56 bits per heavy atom. The lowest BCUT2D eigenvalue weighted by atomic mass is 9.83. The molecule has 0 saturated carbocycles. The summed E-state index contributed by atoms with van der Waals surface area (Å²) in [6, 6.07) is 10.2. The van der Waals surface area contributed by atoms with E-state index in [0.29, 0.717) is 13.0 Å². The highest BCUT2D eigenvalue weighted by Crippen LogP contribution is 2.29. The Hall–Kier alpha value is -1.52. The first kappa shape index (κ1) is 14.5. The summed E-state index contributed by atoms with van der Waals surface area (Å²) in [7, 11) is 0. The number of hydrogen-bond acceptors (Lipinski definition) is 1. The van der Waals surface area contributed by atoms with Crippen molar-refractivity contribution in [1.29, 1.82) is 0 Å². The van der Waals surface area contributed by atoms with Crippen LogP contribution in [0.15, 0.2) is 42.5 Å². The molecule has 0 saturated heterocycles. The van der Waals surface area contributed by atoms with Gasteiger partial charge in [0.05, 0.1) is 12.7 Å². The van der Waals surface area contributed by atoms with Crippen molar-refractivity contribution < 1.29 is 4.74 Å². The fourth-order valence-corrected chi connectivity index (χ4v) is 1.84. The monoisotopic (exact) mass is 242 g/mol. The first-order chi connectivity index (χ1) is 8.60. The zero-order chi connectivity index (χ0) is 13.4. The van der Waals surface area contributed by atoms with Crippen molar-refractivity contribution in [1.82, 2.24) is 0 Å². The highest BCUT2D eigenvalue weighted by atomic mass is 16.5. The van der Waals surface area contributed by atoms with Crippen LogP contribution in [0.4, 0.5) is 0 Å². The van der Waals surface area contributed by atoms with E-state index in [1.54, 1.807) is 0 Å². The summed E-state index contributed by atoms with van der Waals surface area (Å²) in [5, 5.41) is 0. The van der Waals surface area contributed by atoms with Gasteiger partial charge in [-0.2, -0.15) is 0 Å². The predicted octanol–water partition coefficient (Wildman–Crippen LogP) is 4.20. The molecule has 0 aliphatic carbocycles. The van der Waals surface area contributed by atoms with Crippen LogP contribution in [0, 0.1) is 17.8 Å². The smallest absolute Gasteiger partial charge is 0.0820 e. The van der Waals surface area contributed by atoms with Gasteiger partial charge in [0, 0.05) is 11.8 Å². The molecule has 96 valence electrons. The molecule has 0 aliphatic rings. The van der Waals surface area contributed by atoms with E-state index in [1.807, 2.05) is 31.2 Å². The summed E-state index contributed by atoms with van der Waals surface area (Å²) in [6.45, 7) is 6.90. The first-order valence-corrected chi connectivity index (χ1v) is 6.32. The molecule has 0 fully saturated rings. The van der Waals surface area contributed by atoms with Crippen molar-refractivity contribution in [3.05, 3.63) is 48.0 Å². The molecule has 0 unspecified atom stereocenters. The van der Waals surface area contributed by atoms with Crippen LogP contribution in [0.25, 0.3) is 0 Å². The summed E-state index contributed by atoms with van der Waals surface area (Å²) in [5.41, 5.74) is 1.14. The molecule has 1 heteroatoms. The fraction of sp³-hybridized carbons (Fsp3) is 0.412. The first-order valence-electron chi connectivity index (χ1n) is 6.32. The van der Waals surface area contributed by atoms with Gasteiger partial charge in [-0.25, -0.2) is 0 Å². The molecule has 0 spiro atoms. The van der Waals surface area contributed by atoms with Crippen molar-refractivity contribution >= 4 is 0 Å². The van der Waals surface area contributed by atoms with E-state index in [1.165, 1.54) is 5.56 Å². The van der Waals surface area contributed by atoms with E-state index in [-0.39, 0.29) is 11.5 Å². The Balaban J connectivity index is 2.67. The lowest BCUT2D eigenvalue weighted by Gasteiger charge is -2.30. The van der Waals surface area contributed by atoms with Gasteiger partial charge in [0.2, 0.25) is 0 Å². The quantitative estimate of drug-likeness (QED) is 0.536. The van der Waals surface area contributed by atoms with Gasteiger partial charge >= 0.3 is 0 Å². The molecule has 1 aromatic rings. The van der Waals surface area contributed by atoms with Gasteiger partial charge in [-0.1, -0.05) is 56.3 Å². The minimum atomic E-state index is -0.0456. The largest absolute Gasteiger partial charge is 0.369 e. The molecule has 18 heavy (non-hydrogen) atoms. The maximum atomic E-state index is 6.00. The van der Waals surface area contributed by atoms with Gasteiger partial charge in [-0.05, 0) is 12.5 Å². The van der Waals surface area contributed by atoms with E-state index in [4.69, 9.17) is 11.2 Å². The number of allylic oxidation sites excluding steroid dienone is 1. The van der Waals surface area contributed by atoms with Crippen LogP contribution in [0.3, 0.4) is 0 Å². The summed E-state index contributed by atoms with van der Waals surface area (Å²) >= 11 is 0. The standard InChI is InChI=1S/C17H22O/c1-5-10-16(17(3,4)13-6-2)18-14-15-11-8-7-9-12-15/h2,5,7-12,16H,13-14H2,1,3-4H3/b10-5+/t16-/m0/s1. The van der Waals surface area contributed by atoms with E-state index in [9.17, 15) is 0 Å². The highest BCUT2D eigenvalue weighted by molar-refractivity contribution is 5.13. The Morgan fingerprint density at radius 1 is 1.33 bits per heavy atom. The zero-order valence-corrected chi connectivity index (χ0v) is 11.5. The van der Waals surface area contributed by atoms with E-state index in [0.717, 1.165) is 0 Å². The zero-order valence-electron chi connectivity index (χ0n) is 11.5. The third-order valence-corrected chi connectivity index (χ3v) is 2.97. The number of ether oxygens (including phenoxy) is 1. The Kier molecular flexibility index (Phi) is 5.68. The molecule has 1 nitrogen and oxygen atoms in total. The Labute approximate surface area is 111 Å². The van der Waals surface area contributed by atoms with Crippen LogP contribution in [0.1, 0.15) is 32.8 Å². The van der Waals surface area contributed by atoms with Crippen molar-refractivity contribution in [2.24, 2.45) is 5.41 Å². The van der Waals surface area contributed by atoms with Crippen molar-refractivity contribution in [2.45, 2.75) is 39.9 Å². The number of rotatable bonds is 6. The molecule has 1 aromatic carbocycles. The fourth-order valence-electron chi connectivity index (χ4n) is 1.84. The molecule has 0 heterocycles. The second kappa shape index (κ2) is 7.03. The van der Waals surface area contributed by atoms with Crippen LogP contribution < -0.4 is 0 Å². The van der Waals surface area contributed by atoms with Gasteiger partial charge in [0.1, 0.15) is 0 Å². The van der Waals surface area contributed by atoms with Gasteiger partial charge in [-0.15, -0.1) is 12.3 Å². The van der Waals surface area contributed by atoms with E-state index in [2.05, 4.69) is 38.0 Å². The van der Waals surface area contributed by atoms with Crippen LogP contribution >= 0.6 is 0 Å². The predicted molar refractivity (Wildman–Crippen MR) is 77.1 cm³/mol. The summed E-state index contributed by atoms with van der Waals surface area (Å²) < 4.78 is 6.00. The Morgan fingerprint density at radius 2 is 2.00 bits per heavy atom. The summed E-state index contributed by atoms with van der Waals surface area (Å²) in [6.07, 6.45) is 10.3. The Bertz CT molecular complexity index is 409. The SMILES string of the molecule is C#CCC(C)(C)[C@H](/C=C/C)OCc1ccccc1. The third-order valence-electron chi connectivity index (χ3n) is 2.97. The lowest BCUT2D eigenvalue weighted by molar-refractivity contribution is -0.00191. The molecule has 0 radical (unpaired) electrons. The van der Waals surface area contributed by atoms with Crippen LogP contribution in [0.2, 0.25) is 0 Å². The average Bonchev–Trinajstić information content (AvgIpc) is 2.35. The molecule has 0 aliphatic heterocycles. The lowest BCUT2D eigenvalue weighted by Crippen LogP contribution is -2.30. The normalized spacial score (nSPS) is 13.4. The third kappa shape index (κ3) is 4.39. The van der Waals surface area contributed by atoms with Crippen molar-refractivity contribution in [3.63, 3.8) is 0 Å². The average molecular weight is 242 g/mol. The molecule has 0 aromatic heterocycles. The minimum Gasteiger partial charge on any atom is -0.369 e. The van der Waals surface area contributed by atoms with Crippen molar-refractivity contribution in [3.8, 4) is 12.3 Å². The molecule has 0 bridgehead atoms. The van der Waals surface area contributed by atoms with Gasteiger partial charge in [0.25, 0.3) is 0 Å². The second-order valence-corrected chi connectivity index (χ2v) is 5.11. The maximum Gasteiger partial charge on any atom is 0.0820 e. The maximum absolute atomic E-state index is 6.00. The van der Waals surface area contributed by atoms with E-state index >= 15 is 0 Å². The molecule has 0 amide bonds. The second-order valence-electron chi connectivity index (χ2n) is 5.11. The van der Waals surface area contributed by atoms with Gasteiger partial charge in [0.15, 0.2) is 0 Å². The van der Waals surface area contributed by atoms with Crippen LogP contribution in [-0.4, -0.2) is 6.10 Å². The molecule has 1 atom stereocenters. The molecule has 0 N–H and O–H groups in total. The number of benzene rings is 1. The van der Waals surface area contributed by atoms with Crippen LogP contribution in [0.5, 0.6) is 0 Å². The van der Waals surface area contributed by atoms with Crippen molar-refractivity contribution in [2.75, 3.05) is 0 Å². The van der Waals surface area contributed by atoms with Gasteiger partial charge < -0.3 is 4.74 Å². The molecular formula is C17H22O. The van der Waals surface area contributed by atoms with Gasteiger partial charge in [-0.3, -0.25) is 0 Å². The number of terminal acetylenes is 1. The minimum absolute atomic E-state index is 0.0405. The summed E-state index contributed by atoms with van der Waals surface area (Å²) in [4.78, 5) is 0. The van der Waals surface area contributed by atoms with E-state index < -0.39 is 0 Å². The topological polar surface area (TPSA) is 9.23 Å². The highest BCUT2D eigenvalue weighted by Gasteiger charge is 2.27. The van der Waals surface area contributed by atoms with Crippen LogP contribution in [-0.2, 0) is 11.3 Å². The number of hydrogen-bond donors (Lipinski definition) is 0.